The molecule has 1 amide bonds. The van der Waals surface area contributed by atoms with Crippen LogP contribution >= 0.6 is 0 Å². The fourth-order valence-corrected chi connectivity index (χ4v) is 4.38. The number of likely N-dealkylation sites (tertiary alicyclic amines) is 2. The first-order valence-corrected chi connectivity index (χ1v) is 10.3. The molecule has 0 bridgehead atoms. The number of benzene rings is 1. The van der Waals surface area contributed by atoms with Gasteiger partial charge in [0.05, 0.1) is 19.3 Å². The summed E-state index contributed by atoms with van der Waals surface area (Å²) in [5, 5.41) is 0. The van der Waals surface area contributed by atoms with Crippen LogP contribution in [-0.4, -0.2) is 60.5 Å². The van der Waals surface area contributed by atoms with E-state index in [2.05, 4.69) is 17.0 Å². The van der Waals surface area contributed by atoms with Crippen molar-refractivity contribution >= 4 is 5.91 Å². The van der Waals surface area contributed by atoms with E-state index in [0.717, 1.165) is 74.6 Å². The highest BCUT2D eigenvalue weighted by Gasteiger charge is 2.26. The zero-order chi connectivity index (χ0) is 19.3. The molecule has 1 unspecified atom stereocenters. The Balaban J connectivity index is 1.47. The molecule has 28 heavy (non-hydrogen) atoms. The molecule has 2 aromatic rings. The third-order valence-electron chi connectivity index (χ3n) is 5.89. The van der Waals surface area contributed by atoms with Gasteiger partial charge in [-0.25, -0.2) is 0 Å². The van der Waals surface area contributed by atoms with Crippen LogP contribution in [0.1, 0.15) is 37.3 Å². The lowest BCUT2D eigenvalue weighted by atomic mass is 9.93. The van der Waals surface area contributed by atoms with Gasteiger partial charge >= 0.3 is 0 Å². The van der Waals surface area contributed by atoms with Crippen molar-refractivity contribution in [2.24, 2.45) is 0 Å². The summed E-state index contributed by atoms with van der Waals surface area (Å²) in [5.74, 6) is 1.50. The Hall–Kier alpha value is -2.40. The summed E-state index contributed by atoms with van der Waals surface area (Å²) in [5.41, 5.74) is 3.07. The number of hydrogen-bond donors (Lipinski definition) is 0. The molecule has 3 heterocycles. The lowest BCUT2D eigenvalue weighted by molar-refractivity contribution is -0.131. The number of ether oxygens (including phenoxy) is 1. The molecule has 4 rings (SSSR count). The summed E-state index contributed by atoms with van der Waals surface area (Å²) < 4.78 is 5.50. The molecule has 148 valence electrons. The number of rotatable bonds is 5. The fourth-order valence-electron chi connectivity index (χ4n) is 4.38. The Morgan fingerprint density at radius 3 is 2.71 bits per heavy atom. The average Bonchev–Trinajstić information content (AvgIpc) is 3.29. The van der Waals surface area contributed by atoms with E-state index in [1.54, 1.807) is 7.11 Å². The monoisotopic (exact) mass is 379 g/mol. The molecule has 2 aliphatic rings. The van der Waals surface area contributed by atoms with Gasteiger partial charge in [-0.1, -0.05) is 18.2 Å². The van der Waals surface area contributed by atoms with Gasteiger partial charge in [0, 0.05) is 36.8 Å². The minimum Gasteiger partial charge on any atom is -0.496 e. The summed E-state index contributed by atoms with van der Waals surface area (Å²) in [6, 6.07) is 14.2. The molecule has 1 aromatic carbocycles. The first kappa shape index (κ1) is 18.9. The van der Waals surface area contributed by atoms with Crippen LogP contribution in [0.2, 0.25) is 0 Å². The summed E-state index contributed by atoms with van der Waals surface area (Å²) in [6.07, 6.45) is 4.53. The van der Waals surface area contributed by atoms with E-state index in [4.69, 9.17) is 9.72 Å². The summed E-state index contributed by atoms with van der Waals surface area (Å²) >= 11 is 0. The van der Waals surface area contributed by atoms with Crippen molar-refractivity contribution in [3.05, 3.63) is 48.2 Å². The van der Waals surface area contributed by atoms with Crippen molar-refractivity contribution in [1.82, 2.24) is 14.8 Å². The fraction of sp³-hybridized carbons (Fsp3) is 0.478. The predicted molar refractivity (Wildman–Crippen MR) is 110 cm³/mol. The molecule has 0 N–H and O–H groups in total. The molecular weight excluding hydrogens is 350 g/mol. The predicted octanol–water partition coefficient (Wildman–Crippen LogP) is 3.56. The highest BCUT2D eigenvalue weighted by molar-refractivity contribution is 5.78. The van der Waals surface area contributed by atoms with Crippen molar-refractivity contribution in [2.45, 2.75) is 31.6 Å². The van der Waals surface area contributed by atoms with Gasteiger partial charge in [-0.05, 0) is 56.5 Å². The molecule has 5 heteroatoms. The minimum absolute atomic E-state index is 0.286. The summed E-state index contributed by atoms with van der Waals surface area (Å²) in [7, 11) is 1.69. The van der Waals surface area contributed by atoms with Gasteiger partial charge in [0.25, 0.3) is 0 Å². The Morgan fingerprint density at radius 2 is 1.89 bits per heavy atom. The lowest BCUT2D eigenvalue weighted by Crippen LogP contribution is -2.43. The van der Waals surface area contributed by atoms with Crippen LogP contribution in [-0.2, 0) is 4.79 Å². The van der Waals surface area contributed by atoms with Gasteiger partial charge in [-0.15, -0.1) is 0 Å². The summed E-state index contributed by atoms with van der Waals surface area (Å²) in [6.45, 7) is 4.31. The zero-order valence-electron chi connectivity index (χ0n) is 16.6. The van der Waals surface area contributed by atoms with Crippen LogP contribution in [0.3, 0.4) is 0 Å². The number of methoxy groups -OCH3 is 1. The maximum atomic E-state index is 12.5. The standard InChI is InChI=1S/C23H29N3O2/c1-28-22-12-3-2-9-19(22)21-11-6-10-20(24-21)18-8-7-13-25(16-18)17-23(27)26-14-4-5-15-26/h2-3,6,9-12,18H,4-5,7-8,13-17H2,1H3. The molecule has 5 nitrogen and oxygen atoms in total. The SMILES string of the molecule is COc1ccccc1-c1cccc(C2CCCN(CC(=O)N3CCCC3)C2)n1. The van der Waals surface area contributed by atoms with Gasteiger partial charge in [-0.3, -0.25) is 14.7 Å². The quantitative estimate of drug-likeness (QED) is 0.797. The average molecular weight is 380 g/mol. The van der Waals surface area contributed by atoms with Gasteiger partial charge in [0.15, 0.2) is 0 Å². The van der Waals surface area contributed by atoms with Crippen LogP contribution in [0.5, 0.6) is 5.75 Å². The van der Waals surface area contributed by atoms with Crippen molar-refractivity contribution < 1.29 is 9.53 Å². The number of pyridine rings is 1. The van der Waals surface area contributed by atoms with E-state index in [-0.39, 0.29) is 5.91 Å². The number of carbonyl (C=O) groups is 1. The van der Waals surface area contributed by atoms with Gasteiger partial charge in [0.1, 0.15) is 5.75 Å². The number of nitrogens with zero attached hydrogens (tertiary/aromatic N) is 3. The third-order valence-corrected chi connectivity index (χ3v) is 5.89. The number of aromatic nitrogens is 1. The third kappa shape index (κ3) is 4.20. The van der Waals surface area contributed by atoms with Gasteiger partial charge < -0.3 is 9.64 Å². The van der Waals surface area contributed by atoms with E-state index < -0.39 is 0 Å². The second-order valence-corrected chi connectivity index (χ2v) is 7.81. The van der Waals surface area contributed by atoms with Crippen LogP contribution < -0.4 is 4.74 Å². The maximum Gasteiger partial charge on any atom is 0.236 e. The number of para-hydroxylation sites is 1. The zero-order valence-corrected chi connectivity index (χ0v) is 16.6. The van der Waals surface area contributed by atoms with Crippen molar-refractivity contribution in [1.29, 1.82) is 0 Å². The Labute approximate surface area is 167 Å². The molecule has 2 fully saturated rings. The molecule has 0 spiro atoms. The van der Waals surface area contributed by atoms with Crippen LogP contribution in [0.15, 0.2) is 42.5 Å². The first-order valence-electron chi connectivity index (χ1n) is 10.3. The molecule has 0 radical (unpaired) electrons. The maximum absolute atomic E-state index is 12.5. The number of piperidine rings is 1. The lowest BCUT2D eigenvalue weighted by Gasteiger charge is -2.33. The van der Waals surface area contributed by atoms with E-state index in [0.29, 0.717) is 12.5 Å². The van der Waals surface area contributed by atoms with Crippen LogP contribution in [0, 0.1) is 0 Å². The highest BCUT2D eigenvalue weighted by atomic mass is 16.5. The molecule has 1 atom stereocenters. The number of carbonyl (C=O) groups excluding carboxylic acids is 1. The Kier molecular flexibility index (Phi) is 5.91. The topological polar surface area (TPSA) is 45.7 Å². The van der Waals surface area contributed by atoms with E-state index in [1.165, 1.54) is 0 Å². The van der Waals surface area contributed by atoms with Crippen LogP contribution in [0.25, 0.3) is 11.3 Å². The van der Waals surface area contributed by atoms with Crippen molar-refractivity contribution in [2.75, 3.05) is 39.8 Å². The normalized spacial score (nSPS) is 20.3. The Bertz CT molecular complexity index is 817. The largest absolute Gasteiger partial charge is 0.496 e. The van der Waals surface area contributed by atoms with E-state index >= 15 is 0 Å². The Morgan fingerprint density at radius 1 is 1.07 bits per heavy atom. The molecule has 1 aromatic heterocycles. The smallest absolute Gasteiger partial charge is 0.236 e. The molecular formula is C23H29N3O2. The van der Waals surface area contributed by atoms with Crippen molar-refractivity contribution in [3.8, 4) is 17.0 Å². The van der Waals surface area contributed by atoms with E-state index in [1.807, 2.05) is 35.2 Å². The van der Waals surface area contributed by atoms with Gasteiger partial charge in [-0.2, -0.15) is 0 Å². The minimum atomic E-state index is 0.286. The first-order chi connectivity index (χ1) is 13.7. The van der Waals surface area contributed by atoms with E-state index in [9.17, 15) is 4.79 Å². The molecule has 0 aliphatic carbocycles. The molecule has 2 aliphatic heterocycles. The highest BCUT2D eigenvalue weighted by Crippen LogP contribution is 2.31. The second kappa shape index (κ2) is 8.74. The second-order valence-electron chi connectivity index (χ2n) is 7.81. The van der Waals surface area contributed by atoms with Crippen LogP contribution in [0.4, 0.5) is 0 Å². The number of hydrogen-bond acceptors (Lipinski definition) is 4. The van der Waals surface area contributed by atoms with Gasteiger partial charge in [0.2, 0.25) is 5.91 Å². The van der Waals surface area contributed by atoms with Crippen molar-refractivity contribution in [3.63, 3.8) is 0 Å². The molecule has 0 saturated carbocycles. The molecule has 2 saturated heterocycles. The number of amides is 1. The summed E-state index contributed by atoms with van der Waals surface area (Å²) in [4.78, 5) is 21.8.